The minimum absolute atomic E-state index is 0.662. The lowest BCUT2D eigenvalue weighted by atomic mass is 9.96. The van der Waals surface area contributed by atoms with Gasteiger partial charge in [-0.1, -0.05) is 11.6 Å². The lowest BCUT2D eigenvalue weighted by Crippen LogP contribution is -2.47. The second-order valence-electron chi connectivity index (χ2n) is 6.23. The van der Waals surface area contributed by atoms with Crippen molar-refractivity contribution in [3.05, 3.63) is 17.5 Å². The quantitative estimate of drug-likeness (QED) is 0.847. The Labute approximate surface area is 131 Å². The van der Waals surface area contributed by atoms with E-state index in [0.29, 0.717) is 5.02 Å². The van der Waals surface area contributed by atoms with Crippen molar-refractivity contribution in [3.63, 3.8) is 0 Å². The summed E-state index contributed by atoms with van der Waals surface area (Å²) in [5.74, 6) is 1.70. The van der Waals surface area contributed by atoms with Crippen LogP contribution in [-0.2, 0) is 0 Å². The van der Waals surface area contributed by atoms with Gasteiger partial charge in [-0.05, 0) is 25.8 Å². The van der Waals surface area contributed by atoms with Gasteiger partial charge in [-0.3, -0.25) is 0 Å². The summed E-state index contributed by atoms with van der Waals surface area (Å²) in [4.78, 5) is 15.6. The highest BCUT2D eigenvalue weighted by Gasteiger charge is 2.24. The number of nitrogens with zero attached hydrogens (tertiary/aromatic N) is 5. The van der Waals surface area contributed by atoms with Crippen molar-refractivity contribution in [1.29, 1.82) is 0 Å². The number of hydrogen-bond acceptors (Lipinski definition) is 5. The number of piperazine rings is 1. The van der Waals surface area contributed by atoms with Gasteiger partial charge in [-0.15, -0.1) is 0 Å². The van der Waals surface area contributed by atoms with Crippen LogP contribution in [-0.4, -0.2) is 72.6 Å². The molecule has 1 aromatic heterocycles. The molecule has 2 aliphatic heterocycles. The third-order valence-electron chi connectivity index (χ3n) is 4.67. The maximum Gasteiger partial charge on any atom is 0.150 e. The smallest absolute Gasteiger partial charge is 0.150 e. The van der Waals surface area contributed by atoms with E-state index in [2.05, 4.69) is 31.7 Å². The summed E-state index contributed by atoms with van der Waals surface area (Å²) in [5, 5.41) is 0.662. The van der Waals surface area contributed by atoms with E-state index in [1.54, 1.807) is 12.5 Å². The molecule has 3 heterocycles. The molecule has 0 spiro atoms. The summed E-state index contributed by atoms with van der Waals surface area (Å²) in [6, 6.07) is 0. The highest BCUT2D eigenvalue weighted by Crippen LogP contribution is 2.27. The molecule has 0 bridgehead atoms. The number of halogens is 1. The molecule has 0 aromatic carbocycles. The van der Waals surface area contributed by atoms with Gasteiger partial charge in [-0.25, -0.2) is 9.97 Å². The molecule has 2 saturated heterocycles. The van der Waals surface area contributed by atoms with Gasteiger partial charge < -0.3 is 14.7 Å². The zero-order chi connectivity index (χ0) is 14.7. The van der Waals surface area contributed by atoms with Crippen LogP contribution in [0.1, 0.15) is 12.8 Å². The molecule has 6 heteroatoms. The van der Waals surface area contributed by atoms with Crippen LogP contribution in [0, 0.1) is 5.92 Å². The van der Waals surface area contributed by atoms with Crippen LogP contribution in [0.3, 0.4) is 0 Å². The molecule has 3 rings (SSSR count). The maximum atomic E-state index is 6.18. The normalized spacial score (nSPS) is 22.7. The van der Waals surface area contributed by atoms with Crippen LogP contribution in [0.2, 0.25) is 5.02 Å². The number of likely N-dealkylation sites (N-methyl/N-ethyl adjacent to an activating group) is 1. The van der Waals surface area contributed by atoms with E-state index in [4.69, 9.17) is 11.6 Å². The molecule has 0 saturated carbocycles. The van der Waals surface area contributed by atoms with Gasteiger partial charge in [0.05, 0.1) is 6.20 Å². The highest BCUT2D eigenvalue weighted by molar-refractivity contribution is 6.32. The number of hydrogen-bond donors (Lipinski definition) is 0. The van der Waals surface area contributed by atoms with Crippen LogP contribution in [0.15, 0.2) is 12.5 Å². The zero-order valence-corrected chi connectivity index (χ0v) is 13.5. The lowest BCUT2D eigenvalue weighted by molar-refractivity contribution is 0.129. The van der Waals surface area contributed by atoms with Crippen molar-refractivity contribution in [2.45, 2.75) is 12.8 Å². The minimum atomic E-state index is 0.662. The molecular weight excluding hydrogens is 286 g/mol. The Hall–Kier alpha value is -0.910. The molecule has 0 unspecified atom stereocenters. The first-order chi connectivity index (χ1) is 10.2. The second kappa shape index (κ2) is 6.90. The predicted octanol–water partition coefficient (Wildman–Crippen LogP) is 1.59. The molecule has 0 aliphatic carbocycles. The molecule has 116 valence electrons. The molecule has 0 radical (unpaired) electrons. The van der Waals surface area contributed by atoms with Crippen LogP contribution in [0.4, 0.5) is 5.82 Å². The van der Waals surface area contributed by atoms with E-state index in [0.717, 1.165) is 24.8 Å². The zero-order valence-electron chi connectivity index (χ0n) is 12.7. The monoisotopic (exact) mass is 309 g/mol. The van der Waals surface area contributed by atoms with E-state index >= 15 is 0 Å². The molecule has 2 fully saturated rings. The first-order valence-corrected chi connectivity index (χ1v) is 8.21. The van der Waals surface area contributed by atoms with Crippen molar-refractivity contribution in [2.24, 2.45) is 5.92 Å². The maximum absolute atomic E-state index is 6.18. The first kappa shape index (κ1) is 15.0. The van der Waals surface area contributed by atoms with Crippen LogP contribution in [0.5, 0.6) is 0 Å². The van der Waals surface area contributed by atoms with Gasteiger partial charge in [0.15, 0.2) is 5.82 Å². The van der Waals surface area contributed by atoms with Gasteiger partial charge in [0, 0.05) is 45.8 Å². The fourth-order valence-electron chi connectivity index (χ4n) is 3.26. The molecule has 5 nitrogen and oxygen atoms in total. The Morgan fingerprint density at radius 3 is 2.52 bits per heavy atom. The van der Waals surface area contributed by atoms with Crippen molar-refractivity contribution >= 4 is 17.4 Å². The summed E-state index contributed by atoms with van der Waals surface area (Å²) in [6.07, 6.45) is 5.72. The third-order valence-corrected chi connectivity index (χ3v) is 4.94. The average Bonchev–Trinajstić information content (AvgIpc) is 2.51. The van der Waals surface area contributed by atoms with Gasteiger partial charge in [0.2, 0.25) is 0 Å². The van der Waals surface area contributed by atoms with E-state index in [1.807, 2.05) is 0 Å². The van der Waals surface area contributed by atoms with Gasteiger partial charge >= 0.3 is 0 Å². The predicted molar refractivity (Wildman–Crippen MR) is 85.9 cm³/mol. The van der Waals surface area contributed by atoms with E-state index < -0.39 is 0 Å². The van der Waals surface area contributed by atoms with E-state index in [9.17, 15) is 0 Å². The number of piperidine rings is 1. The van der Waals surface area contributed by atoms with E-state index in [1.165, 1.54) is 45.6 Å². The lowest BCUT2D eigenvalue weighted by Gasteiger charge is -2.38. The SMILES string of the molecule is CN1CCN(CC2CCN(c3ncncc3Cl)CC2)CC1. The Bertz CT molecular complexity index is 453. The molecule has 21 heavy (non-hydrogen) atoms. The highest BCUT2D eigenvalue weighted by atomic mass is 35.5. The van der Waals surface area contributed by atoms with Gasteiger partial charge in [0.1, 0.15) is 11.3 Å². The number of anilines is 1. The van der Waals surface area contributed by atoms with Crippen molar-refractivity contribution in [2.75, 3.05) is 57.8 Å². The summed E-state index contributed by atoms with van der Waals surface area (Å²) in [5.41, 5.74) is 0. The topological polar surface area (TPSA) is 35.5 Å². The Balaban J connectivity index is 1.48. The largest absolute Gasteiger partial charge is 0.355 e. The summed E-state index contributed by atoms with van der Waals surface area (Å²) >= 11 is 6.18. The minimum Gasteiger partial charge on any atom is -0.355 e. The van der Waals surface area contributed by atoms with Crippen LogP contribution >= 0.6 is 11.6 Å². The molecule has 0 N–H and O–H groups in total. The van der Waals surface area contributed by atoms with Gasteiger partial charge in [0.25, 0.3) is 0 Å². The molecule has 0 amide bonds. The summed E-state index contributed by atoms with van der Waals surface area (Å²) in [6.45, 7) is 8.19. The first-order valence-electron chi connectivity index (χ1n) is 7.84. The molecular formula is C15H24ClN5. The second-order valence-corrected chi connectivity index (χ2v) is 6.64. The third kappa shape index (κ3) is 3.84. The van der Waals surface area contributed by atoms with Gasteiger partial charge in [-0.2, -0.15) is 0 Å². The molecule has 2 aliphatic rings. The Morgan fingerprint density at radius 2 is 1.86 bits per heavy atom. The Morgan fingerprint density at radius 1 is 1.14 bits per heavy atom. The van der Waals surface area contributed by atoms with Crippen molar-refractivity contribution < 1.29 is 0 Å². The summed E-state index contributed by atoms with van der Waals surface area (Å²) < 4.78 is 0. The average molecular weight is 310 g/mol. The van der Waals surface area contributed by atoms with Crippen molar-refractivity contribution in [3.8, 4) is 0 Å². The van der Waals surface area contributed by atoms with Crippen LogP contribution in [0.25, 0.3) is 0 Å². The van der Waals surface area contributed by atoms with E-state index in [-0.39, 0.29) is 0 Å². The Kier molecular flexibility index (Phi) is 4.93. The number of aromatic nitrogens is 2. The fraction of sp³-hybridized carbons (Fsp3) is 0.733. The molecule has 1 aromatic rings. The molecule has 0 atom stereocenters. The fourth-order valence-corrected chi connectivity index (χ4v) is 3.49. The number of rotatable bonds is 3. The summed E-state index contributed by atoms with van der Waals surface area (Å²) in [7, 11) is 2.21. The van der Waals surface area contributed by atoms with Crippen molar-refractivity contribution in [1.82, 2.24) is 19.8 Å². The standard InChI is InChI=1S/C15H24ClN5/c1-19-6-8-20(9-7-19)11-13-2-4-21(5-3-13)15-14(16)10-17-12-18-15/h10,12-13H,2-9,11H2,1H3. The van der Waals surface area contributed by atoms with Crippen LogP contribution < -0.4 is 4.90 Å².